The summed E-state index contributed by atoms with van der Waals surface area (Å²) in [7, 11) is 0. The van der Waals surface area contributed by atoms with Crippen LogP contribution in [0.1, 0.15) is 20.8 Å². The molecule has 0 fully saturated rings. The molecule has 2 aromatic rings. The summed E-state index contributed by atoms with van der Waals surface area (Å²) in [5.74, 6) is 0.368. The van der Waals surface area contributed by atoms with Gasteiger partial charge in [0.25, 0.3) is 5.56 Å². The monoisotopic (exact) mass is 350 g/mol. The van der Waals surface area contributed by atoms with Crippen molar-refractivity contribution in [1.82, 2.24) is 9.55 Å². The highest BCUT2D eigenvalue weighted by atomic mass is 35.5. The van der Waals surface area contributed by atoms with Gasteiger partial charge >= 0.3 is 0 Å². The highest BCUT2D eigenvalue weighted by molar-refractivity contribution is 7.99. The minimum absolute atomic E-state index is 0.105. The predicted molar refractivity (Wildman–Crippen MR) is 96.4 cm³/mol. The van der Waals surface area contributed by atoms with Crippen molar-refractivity contribution >= 4 is 40.0 Å². The first kappa shape index (κ1) is 17.8. The Morgan fingerprint density at radius 2 is 2.13 bits per heavy atom. The van der Waals surface area contributed by atoms with Crippen LogP contribution in [0.5, 0.6) is 0 Å². The SMILES string of the molecule is C=CCn1c(SCC(=O)C(C)(C)C)nc2cc(Cl)ccc2c1=O. The molecule has 0 atom stereocenters. The maximum Gasteiger partial charge on any atom is 0.262 e. The number of nitrogens with zero attached hydrogens (tertiary/aromatic N) is 2. The summed E-state index contributed by atoms with van der Waals surface area (Å²) in [5, 5.41) is 1.53. The van der Waals surface area contributed by atoms with Crippen molar-refractivity contribution in [3.8, 4) is 0 Å². The molecule has 1 aromatic heterocycles. The summed E-state index contributed by atoms with van der Waals surface area (Å²) in [4.78, 5) is 29.3. The molecule has 1 aromatic carbocycles. The van der Waals surface area contributed by atoms with Gasteiger partial charge in [0.1, 0.15) is 5.78 Å². The molecule has 23 heavy (non-hydrogen) atoms. The minimum Gasteiger partial charge on any atom is -0.298 e. The van der Waals surface area contributed by atoms with E-state index in [0.717, 1.165) is 0 Å². The summed E-state index contributed by atoms with van der Waals surface area (Å²) in [6, 6.07) is 4.99. The van der Waals surface area contributed by atoms with Crippen LogP contribution in [0.4, 0.5) is 0 Å². The Bertz CT molecular complexity index is 822. The van der Waals surface area contributed by atoms with Gasteiger partial charge in [0.05, 0.1) is 16.7 Å². The fourth-order valence-corrected chi connectivity index (χ4v) is 3.26. The Morgan fingerprint density at radius 1 is 1.43 bits per heavy atom. The molecule has 0 saturated heterocycles. The van der Waals surface area contributed by atoms with E-state index in [2.05, 4.69) is 11.6 Å². The van der Waals surface area contributed by atoms with Gasteiger partial charge in [-0.05, 0) is 18.2 Å². The van der Waals surface area contributed by atoms with Gasteiger partial charge in [0, 0.05) is 17.0 Å². The molecule has 6 heteroatoms. The van der Waals surface area contributed by atoms with Gasteiger partial charge in [0.2, 0.25) is 0 Å². The second-order valence-electron chi connectivity index (χ2n) is 6.22. The van der Waals surface area contributed by atoms with Crippen LogP contribution >= 0.6 is 23.4 Å². The van der Waals surface area contributed by atoms with Crippen LogP contribution in [0.15, 0.2) is 40.8 Å². The van der Waals surface area contributed by atoms with E-state index in [1.165, 1.54) is 16.3 Å². The second-order valence-corrected chi connectivity index (χ2v) is 7.60. The first-order chi connectivity index (χ1) is 10.7. The van der Waals surface area contributed by atoms with Crippen molar-refractivity contribution in [2.45, 2.75) is 32.5 Å². The number of ketones is 1. The molecule has 0 bridgehead atoms. The molecule has 0 aliphatic carbocycles. The summed E-state index contributed by atoms with van der Waals surface area (Å²) in [5.41, 5.74) is -0.0396. The van der Waals surface area contributed by atoms with Gasteiger partial charge in [-0.25, -0.2) is 4.98 Å². The van der Waals surface area contributed by atoms with Gasteiger partial charge in [-0.3, -0.25) is 14.2 Å². The first-order valence-electron chi connectivity index (χ1n) is 7.21. The van der Waals surface area contributed by atoms with Gasteiger partial charge in [-0.1, -0.05) is 50.2 Å². The molecule has 0 spiro atoms. The number of allylic oxidation sites excluding steroid dienone is 1. The summed E-state index contributed by atoms with van der Waals surface area (Å²) < 4.78 is 1.53. The van der Waals surface area contributed by atoms with Crippen LogP contribution < -0.4 is 5.56 Å². The van der Waals surface area contributed by atoms with E-state index in [1.807, 2.05) is 20.8 Å². The van der Waals surface area contributed by atoms with E-state index in [-0.39, 0.29) is 17.1 Å². The largest absolute Gasteiger partial charge is 0.298 e. The number of rotatable bonds is 5. The summed E-state index contributed by atoms with van der Waals surface area (Å²) in [6.07, 6.45) is 1.64. The molecular weight excluding hydrogens is 332 g/mol. The highest BCUT2D eigenvalue weighted by Crippen LogP contribution is 2.24. The van der Waals surface area contributed by atoms with Gasteiger partial charge in [0.15, 0.2) is 5.16 Å². The van der Waals surface area contributed by atoms with Gasteiger partial charge in [-0.15, -0.1) is 6.58 Å². The minimum atomic E-state index is -0.420. The van der Waals surface area contributed by atoms with E-state index >= 15 is 0 Å². The second kappa shape index (κ2) is 6.89. The van der Waals surface area contributed by atoms with Crippen LogP contribution in [0, 0.1) is 5.41 Å². The van der Waals surface area contributed by atoms with Crippen molar-refractivity contribution in [3.05, 3.63) is 46.2 Å². The van der Waals surface area contributed by atoms with E-state index in [1.54, 1.807) is 24.3 Å². The lowest BCUT2D eigenvalue weighted by Gasteiger charge is -2.17. The zero-order chi connectivity index (χ0) is 17.2. The number of hydrogen-bond acceptors (Lipinski definition) is 4. The predicted octanol–water partition coefficient (Wildman–Crippen LogP) is 3.94. The molecule has 1 heterocycles. The van der Waals surface area contributed by atoms with Crippen molar-refractivity contribution in [1.29, 1.82) is 0 Å². The number of Topliss-reactive ketones (excluding diaryl/α,β-unsaturated/α-hetero) is 1. The average Bonchev–Trinajstić information content (AvgIpc) is 2.46. The summed E-state index contributed by atoms with van der Waals surface area (Å²) in [6.45, 7) is 9.65. The number of carbonyl (C=O) groups is 1. The maximum absolute atomic E-state index is 12.6. The number of aromatic nitrogens is 2. The molecular formula is C17H19ClN2O2S. The standard InChI is InChI=1S/C17H19ClN2O2S/c1-5-8-20-15(22)12-7-6-11(18)9-13(12)19-16(20)23-10-14(21)17(2,3)4/h5-7,9H,1,8,10H2,2-4H3. The molecule has 0 amide bonds. The summed E-state index contributed by atoms with van der Waals surface area (Å²) >= 11 is 7.25. The van der Waals surface area contributed by atoms with E-state index in [0.29, 0.717) is 27.6 Å². The molecule has 0 N–H and O–H groups in total. The van der Waals surface area contributed by atoms with Crippen molar-refractivity contribution in [3.63, 3.8) is 0 Å². The third kappa shape index (κ3) is 4.03. The van der Waals surface area contributed by atoms with Gasteiger partial charge < -0.3 is 0 Å². The Labute approximate surface area is 144 Å². The number of benzene rings is 1. The molecule has 0 saturated carbocycles. The Balaban J connectivity index is 2.48. The lowest BCUT2D eigenvalue weighted by molar-refractivity contribution is -0.123. The lowest BCUT2D eigenvalue weighted by Crippen LogP contribution is -2.25. The zero-order valence-corrected chi connectivity index (χ0v) is 15.0. The van der Waals surface area contributed by atoms with Crippen LogP contribution in [0.3, 0.4) is 0 Å². The first-order valence-corrected chi connectivity index (χ1v) is 8.57. The van der Waals surface area contributed by atoms with Crippen LogP contribution in [0.2, 0.25) is 5.02 Å². The van der Waals surface area contributed by atoms with E-state index < -0.39 is 5.41 Å². The number of halogens is 1. The Kier molecular flexibility index (Phi) is 5.32. The maximum atomic E-state index is 12.6. The number of fused-ring (bicyclic) bond motifs is 1. The average molecular weight is 351 g/mol. The highest BCUT2D eigenvalue weighted by Gasteiger charge is 2.22. The van der Waals surface area contributed by atoms with Crippen LogP contribution in [0.25, 0.3) is 10.9 Å². The van der Waals surface area contributed by atoms with Crippen molar-refractivity contribution < 1.29 is 4.79 Å². The Morgan fingerprint density at radius 3 is 2.74 bits per heavy atom. The third-order valence-corrected chi connectivity index (χ3v) is 4.57. The third-order valence-electron chi connectivity index (χ3n) is 3.36. The van der Waals surface area contributed by atoms with Crippen molar-refractivity contribution in [2.24, 2.45) is 5.41 Å². The van der Waals surface area contributed by atoms with Crippen LogP contribution in [-0.4, -0.2) is 21.1 Å². The number of thioether (sulfide) groups is 1. The molecule has 0 radical (unpaired) electrons. The fraction of sp³-hybridized carbons (Fsp3) is 0.353. The molecule has 0 unspecified atom stereocenters. The van der Waals surface area contributed by atoms with E-state index in [4.69, 9.17) is 11.6 Å². The quantitative estimate of drug-likeness (QED) is 0.465. The smallest absolute Gasteiger partial charge is 0.262 e. The molecule has 4 nitrogen and oxygen atoms in total. The fourth-order valence-electron chi connectivity index (χ4n) is 1.92. The van der Waals surface area contributed by atoms with E-state index in [9.17, 15) is 9.59 Å². The normalized spacial score (nSPS) is 11.7. The number of hydrogen-bond donors (Lipinski definition) is 0. The molecule has 122 valence electrons. The van der Waals surface area contributed by atoms with Crippen molar-refractivity contribution in [2.75, 3.05) is 5.75 Å². The van der Waals surface area contributed by atoms with Gasteiger partial charge in [-0.2, -0.15) is 0 Å². The topological polar surface area (TPSA) is 52.0 Å². The molecule has 0 aliphatic rings. The molecule has 2 rings (SSSR count). The lowest BCUT2D eigenvalue weighted by atomic mass is 9.92. The van der Waals surface area contributed by atoms with Crippen LogP contribution in [-0.2, 0) is 11.3 Å². The zero-order valence-electron chi connectivity index (χ0n) is 13.4. The number of carbonyl (C=O) groups excluding carboxylic acids is 1. The Hall–Kier alpha value is -1.59. The molecule has 0 aliphatic heterocycles.